The highest BCUT2D eigenvalue weighted by Gasteiger charge is 2.25. The Balaban J connectivity index is 1.62. The van der Waals surface area contributed by atoms with Crippen molar-refractivity contribution in [3.8, 4) is 5.75 Å². The molecule has 8 nitrogen and oxygen atoms in total. The number of aliphatic hydroxyl groups is 1. The number of aliphatic hydroxyl groups excluding tert-OH is 1. The molecule has 8 heteroatoms. The summed E-state index contributed by atoms with van der Waals surface area (Å²) >= 11 is 0. The average Bonchev–Trinajstić information content (AvgIpc) is 3.16. The van der Waals surface area contributed by atoms with E-state index in [0.29, 0.717) is 41.6 Å². The molecule has 3 rings (SSSR count). The van der Waals surface area contributed by atoms with Crippen molar-refractivity contribution in [2.75, 3.05) is 31.7 Å². The van der Waals surface area contributed by atoms with E-state index in [0.717, 1.165) is 0 Å². The van der Waals surface area contributed by atoms with E-state index in [1.54, 1.807) is 53.2 Å². The summed E-state index contributed by atoms with van der Waals surface area (Å²) in [5, 5.41) is 11.5. The Labute approximate surface area is 180 Å². The normalized spacial score (nSPS) is 11.5. The van der Waals surface area contributed by atoms with Crippen LogP contribution in [0.5, 0.6) is 5.75 Å². The van der Waals surface area contributed by atoms with Crippen molar-refractivity contribution in [1.82, 2.24) is 9.38 Å². The molecule has 0 saturated heterocycles. The third kappa shape index (κ3) is 5.90. The molecular weight excluding hydrogens is 398 g/mol. The summed E-state index contributed by atoms with van der Waals surface area (Å²) in [5.74, 6) is 0.326. The van der Waals surface area contributed by atoms with Crippen molar-refractivity contribution in [2.45, 2.75) is 20.8 Å². The van der Waals surface area contributed by atoms with Gasteiger partial charge in [0.1, 0.15) is 23.7 Å². The van der Waals surface area contributed by atoms with Crippen LogP contribution in [0.4, 0.5) is 5.69 Å². The molecule has 0 saturated carbocycles. The number of fused-ring (bicyclic) bond motifs is 1. The molecule has 0 aliphatic rings. The van der Waals surface area contributed by atoms with Crippen molar-refractivity contribution >= 4 is 23.0 Å². The molecule has 0 spiro atoms. The molecule has 2 N–H and O–H groups in total. The number of carbonyl (C=O) groups excluding carboxylic acids is 2. The van der Waals surface area contributed by atoms with Gasteiger partial charge in [-0.1, -0.05) is 20.8 Å². The smallest absolute Gasteiger partial charge is 0.255 e. The molecule has 2 aromatic heterocycles. The van der Waals surface area contributed by atoms with E-state index >= 15 is 0 Å². The Bertz CT molecular complexity index is 1050. The minimum absolute atomic E-state index is 0.0200. The lowest BCUT2D eigenvalue weighted by Gasteiger charge is -2.13. The zero-order chi connectivity index (χ0) is 22.4. The van der Waals surface area contributed by atoms with Gasteiger partial charge in [-0.3, -0.25) is 9.59 Å². The van der Waals surface area contributed by atoms with Crippen LogP contribution in [0.15, 0.2) is 48.8 Å². The molecule has 3 aromatic rings. The molecule has 0 atom stereocenters. The van der Waals surface area contributed by atoms with Crippen molar-refractivity contribution in [3.05, 3.63) is 60.0 Å². The number of hydrogen-bond acceptors (Lipinski definition) is 6. The molecule has 0 bridgehead atoms. The first-order valence-electron chi connectivity index (χ1n) is 10.0. The number of nitrogens with one attached hydrogen (secondary N) is 1. The van der Waals surface area contributed by atoms with Gasteiger partial charge < -0.3 is 24.3 Å². The van der Waals surface area contributed by atoms with E-state index < -0.39 is 5.41 Å². The summed E-state index contributed by atoms with van der Waals surface area (Å²) in [4.78, 5) is 29.4. The number of ketones is 1. The predicted octanol–water partition coefficient (Wildman–Crippen LogP) is 3.20. The van der Waals surface area contributed by atoms with Gasteiger partial charge in [-0.2, -0.15) is 0 Å². The molecule has 0 unspecified atom stereocenters. The maximum atomic E-state index is 12.6. The van der Waals surface area contributed by atoms with Crippen LogP contribution in [0.2, 0.25) is 0 Å². The molecule has 1 aromatic carbocycles. The number of amides is 1. The third-order valence-electron chi connectivity index (χ3n) is 4.47. The fourth-order valence-electron chi connectivity index (χ4n) is 2.85. The van der Waals surface area contributed by atoms with Gasteiger partial charge in [-0.25, -0.2) is 4.98 Å². The third-order valence-corrected chi connectivity index (χ3v) is 4.47. The highest BCUT2D eigenvalue weighted by molar-refractivity contribution is 6.04. The SMILES string of the molecule is CC(C)(C)C(=O)c1cn2cc(NC(=O)c3ccc(OCCOCCO)cc3)ccc2n1. The first-order valence-corrected chi connectivity index (χ1v) is 10.0. The quantitative estimate of drug-likeness (QED) is 0.403. The van der Waals surface area contributed by atoms with Gasteiger partial charge in [0.05, 0.1) is 25.5 Å². The number of nitrogens with zero attached hydrogens (tertiary/aromatic N) is 2. The molecule has 2 heterocycles. The highest BCUT2D eigenvalue weighted by Crippen LogP contribution is 2.21. The number of anilines is 1. The number of hydrogen-bond donors (Lipinski definition) is 2. The standard InChI is InChI=1S/C23H27N3O5/c1-23(2,3)21(28)19-15-26-14-17(6-9-20(26)25-19)24-22(29)16-4-7-18(8-5-16)31-13-12-30-11-10-27/h4-9,14-15,27H,10-13H2,1-3H3,(H,24,29). The van der Waals surface area contributed by atoms with Crippen molar-refractivity contribution in [3.63, 3.8) is 0 Å². The first kappa shape index (κ1) is 22.5. The number of pyridine rings is 1. The molecule has 0 radical (unpaired) electrons. The van der Waals surface area contributed by atoms with Crippen LogP contribution in [0.25, 0.3) is 5.65 Å². The Kier molecular flexibility index (Phi) is 7.04. The summed E-state index contributed by atoms with van der Waals surface area (Å²) in [6.07, 6.45) is 3.40. The lowest BCUT2D eigenvalue weighted by Crippen LogP contribution is -2.20. The largest absolute Gasteiger partial charge is 0.491 e. The van der Waals surface area contributed by atoms with Crippen LogP contribution >= 0.6 is 0 Å². The van der Waals surface area contributed by atoms with E-state index in [1.807, 2.05) is 20.8 Å². The minimum atomic E-state index is -0.517. The Hall–Kier alpha value is -3.23. The van der Waals surface area contributed by atoms with Gasteiger partial charge in [0, 0.05) is 23.4 Å². The molecule has 1 amide bonds. The molecule has 0 aliphatic heterocycles. The van der Waals surface area contributed by atoms with E-state index in [1.165, 1.54) is 0 Å². The zero-order valence-electron chi connectivity index (χ0n) is 17.9. The minimum Gasteiger partial charge on any atom is -0.491 e. The number of rotatable bonds is 9. The number of benzene rings is 1. The summed E-state index contributed by atoms with van der Waals surface area (Å²) < 4.78 is 12.4. The van der Waals surface area contributed by atoms with Crippen LogP contribution < -0.4 is 10.1 Å². The highest BCUT2D eigenvalue weighted by atomic mass is 16.5. The van der Waals surface area contributed by atoms with Gasteiger partial charge in [-0.15, -0.1) is 0 Å². The fraction of sp³-hybridized carbons (Fsp3) is 0.348. The average molecular weight is 425 g/mol. The molecule has 164 valence electrons. The van der Waals surface area contributed by atoms with Gasteiger partial charge in [-0.05, 0) is 36.4 Å². The topological polar surface area (TPSA) is 102 Å². The van der Waals surface area contributed by atoms with E-state index in [9.17, 15) is 9.59 Å². The monoisotopic (exact) mass is 425 g/mol. The fourth-order valence-corrected chi connectivity index (χ4v) is 2.85. The number of imidazole rings is 1. The Morgan fingerprint density at radius 2 is 1.77 bits per heavy atom. The second kappa shape index (κ2) is 9.72. The second-order valence-electron chi connectivity index (χ2n) is 8.05. The van der Waals surface area contributed by atoms with Crippen LogP contribution in [0.1, 0.15) is 41.6 Å². The van der Waals surface area contributed by atoms with Gasteiger partial charge in [0.25, 0.3) is 5.91 Å². The van der Waals surface area contributed by atoms with E-state index in [-0.39, 0.29) is 24.9 Å². The van der Waals surface area contributed by atoms with E-state index in [4.69, 9.17) is 14.6 Å². The van der Waals surface area contributed by atoms with Crippen molar-refractivity contribution in [2.24, 2.45) is 5.41 Å². The second-order valence-corrected chi connectivity index (χ2v) is 8.05. The summed E-state index contributed by atoms with van der Waals surface area (Å²) in [6.45, 7) is 6.55. The molecule has 31 heavy (non-hydrogen) atoms. The summed E-state index contributed by atoms with van der Waals surface area (Å²) in [7, 11) is 0. The lowest BCUT2D eigenvalue weighted by atomic mass is 9.89. The van der Waals surface area contributed by atoms with Crippen LogP contribution in [-0.4, -0.2) is 52.6 Å². The number of Topliss-reactive ketones (excluding diaryl/α,β-unsaturated/α-hetero) is 1. The number of ether oxygens (including phenoxy) is 2. The maximum Gasteiger partial charge on any atom is 0.255 e. The maximum absolute atomic E-state index is 12.6. The van der Waals surface area contributed by atoms with Crippen LogP contribution in [0.3, 0.4) is 0 Å². The zero-order valence-corrected chi connectivity index (χ0v) is 17.9. The van der Waals surface area contributed by atoms with Crippen LogP contribution in [0, 0.1) is 5.41 Å². The lowest BCUT2D eigenvalue weighted by molar-refractivity contribution is 0.0705. The van der Waals surface area contributed by atoms with Crippen molar-refractivity contribution in [1.29, 1.82) is 0 Å². The Morgan fingerprint density at radius 3 is 2.45 bits per heavy atom. The van der Waals surface area contributed by atoms with Crippen LogP contribution in [-0.2, 0) is 4.74 Å². The summed E-state index contributed by atoms with van der Waals surface area (Å²) in [6, 6.07) is 10.3. The number of carbonyl (C=O) groups is 2. The molecule has 0 aliphatic carbocycles. The molecular formula is C23H27N3O5. The molecule has 0 fully saturated rings. The van der Waals surface area contributed by atoms with Gasteiger partial charge in [0.2, 0.25) is 0 Å². The summed E-state index contributed by atoms with van der Waals surface area (Å²) in [5.41, 5.74) is 1.59. The predicted molar refractivity (Wildman–Crippen MR) is 117 cm³/mol. The van der Waals surface area contributed by atoms with Gasteiger partial charge in [0.15, 0.2) is 5.78 Å². The number of aromatic nitrogens is 2. The Morgan fingerprint density at radius 1 is 1.03 bits per heavy atom. The van der Waals surface area contributed by atoms with Gasteiger partial charge >= 0.3 is 0 Å². The van der Waals surface area contributed by atoms with Crippen molar-refractivity contribution < 1.29 is 24.2 Å². The van der Waals surface area contributed by atoms with E-state index in [2.05, 4.69) is 10.3 Å². The first-order chi connectivity index (χ1) is 14.8.